The monoisotopic (exact) mass is 520 g/mol. The van der Waals surface area contributed by atoms with Crippen molar-refractivity contribution in [1.82, 2.24) is 0 Å². The van der Waals surface area contributed by atoms with Crippen molar-refractivity contribution >= 4 is 28.7 Å². The van der Waals surface area contributed by atoms with E-state index in [1.54, 1.807) is 12.1 Å². The van der Waals surface area contributed by atoms with E-state index >= 15 is 0 Å². The molecular weight excluding hydrogens is 493 g/mol. The van der Waals surface area contributed by atoms with E-state index in [1.165, 1.54) is 12.1 Å². The van der Waals surface area contributed by atoms with Crippen LogP contribution < -0.4 is 10.1 Å². The maximum absolute atomic E-state index is 13.7. The van der Waals surface area contributed by atoms with Crippen LogP contribution in [0.25, 0.3) is 10.8 Å². The summed E-state index contributed by atoms with van der Waals surface area (Å²) >= 11 is 0. The number of carbonyl (C=O) groups excluding carboxylic acids is 2. The lowest BCUT2D eigenvalue weighted by molar-refractivity contribution is -0.137. The number of alkyl halides is 3. The van der Waals surface area contributed by atoms with Crippen molar-refractivity contribution in [3.05, 3.63) is 71.8 Å². The Labute approximate surface area is 218 Å². The summed E-state index contributed by atoms with van der Waals surface area (Å²) in [5.41, 5.74) is -0.386. The third kappa shape index (κ3) is 4.40. The van der Waals surface area contributed by atoms with Gasteiger partial charge < -0.3 is 14.8 Å². The van der Waals surface area contributed by atoms with Gasteiger partial charge in [0.25, 0.3) is 0 Å². The number of aldehydes is 1. The molecule has 2 fully saturated rings. The van der Waals surface area contributed by atoms with Crippen LogP contribution in [0.1, 0.15) is 43.7 Å². The summed E-state index contributed by atoms with van der Waals surface area (Å²) in [5, 5.41) is 14.0. The molecule has 5 nitrogen and oxygen atoms in total. The van der Waals surface area contributed by atoms with Crippen molar-refractivity contribution in [2.45, 2.75) is 38.8 Å². The zero-order valence-electron chi connectivity index (χ0n) is 20.8. The molecule has 0 saturated heterocycles. The van der Waals surface area contributed by atoms with Gasteiger partial charge in [-0.2, -0.15) is 18.4 Å². The number of ether oxygens (including phenoxy) is 1. The molecule has 1 amide bonds. The second-order valence-electron chi connectivity index (χ2n) is 10.8. The fourth-order valence-electron chi connectivity index (χ4n) is 6.76. The predicted octanol–water partition coefficient (Wildman–Crippen LogP) is 6.76. The SMILES string of the molecule is C[C@]12CC[C@](CCOc3ccc(C(F)(F)F)cc3)(C1)[C@H](C=O)[C@@H]2C(=O)Nc1ccc(C#N)c2ccccc12. The zero-order chi connectivity index (χ0) is 27.1. The molecule has 2 bridgehead atoms. The van der Waals surface area contributed by atoms with Gasteiger partial charge in [-0.25, -0.2) is 0 Å². The van der Waals surface area contributed by atoms with Crippen molar-refractivity contribution in [3.63, 3.8) is 0 Å². The number of hydrogen-bond acceptors (Lipinski definition) is 4. The lowest BCUT2D eigenvalue weighted by atomic mass is 9.66. The van der Waals surface area contributed by atoms with Gasteiger partial charge in [0.1, 0.15) is 12.0 Å². The van der Waals surface area contributed by atoms with Crippen molar-refractivity contribution in [2.24, 2.45) is 22.7 Å². The van der Waals surface area contributed by atoms with Gasteiger partial charge in [-0.15, -0.1) is 0 Å². The van der Waals surface area contributed by atoms with Gasteiger partial charge in [0, 0.05) is 22.4 Å². The van der Waals surface area contributed by atoms with Gasteiger partial charge in [-0.3, -0.25) is 4.79 Å². The van der Waals surface area contributed by atoms with Crippen LogP contribution in [0, 0.1) is 34.0 Å². The first-order valence-corrected chi connectivity index (χ1v) is 12.6. The number of nitrogens with zero attached hydrogens (tertiary/aromatic N) is 1. The number of halogens is 3. The maximum Gasteiger partial charge on any atom is 0.416 e. The number of hydrogen-bond donors (Lipinski definition) is 1. The number of benzene rings is 3. The third-order valence-corrected chi connectivity index (χ3v) is 8.55. The minimum Gasteiger partial charge on any atom is -0.494 e. The quantitative estimate of drug-likeness (QED) is 0.349. The highest BCUT2D eigenvalue weighted by Crippen LogP contribution is 2.68. The molecule has 2 saturated carbocycles. The molecule has 3 aromatic rings. The van der Waals surface area contributed by atoms with Crippen LogP contribution in [-0.4, -0.2) is 18.8 Å². The highest BCUT2D eigenvalue weighted by Gasteiger charge is 2.65. The van der Waals surface area contributed by atoms with E-state index in [-0.39, 0.29) is 17.9 Å². The molecule has 3 aromatic carbocycles. The Morgan fingerprint density at radius 2 is 1.82 bits per heavy atom. The minimum atomic E-state index is -4.41. The van der Waals surface area contributed by atoms with Gasteiger partial charge in [-0.05, 0) is 72.9 Å². The fraction of sp³-hybridized carbons (Fsp3) is 0.367. The van der Waals surface area contributed by atoms with E-state index in [0.717, 1.165) is 42.0 Å². The summed E-state index contributed by atoms with van der Waals surface area (Å²) < 4.78 is 44.2. The van der Waals surface area contributed by atoms with Crippen molar-refractivity contribution in [2.75, 3.05) is 11.9 Å². The summed E-state index contributed by atoms with van der Waals surface area (Å²) in [5.74, 6) is -0.904. The molecule has 5 rings (SSSR count). The van der Waals surface area contributed by atoms with Gasteiger partial charge >= 0.3 is 6.18 Å². The molecule has 2 aliphatic carbocycles. The van der Waals surface area contributed by atoms with Crippen LogP contribution in [0.3, 0.4) is 0 Å². The van der Waals surface area contributed by atoms with Gasteiger partial charge in [0.15, 0.2) is 0 Å². The molecule has 196 valence electrons. The molecule has 0 heterocycles. The summed E-state index contributed by atoms with van der Waals surface area (Å²) in [7, 11) is 0. The topological polar surface area (TPSA) is 79.2 Å². The number of nitrogens with one attached hydrogen (secondary N) is 1. The van der Waals surface area contributed by atoms with Crippen molar-refractivity contribution < 1.29 is 27.5 Å². The number of anilines is 1. The number of carbonyl (C=O) groups is 2. The predicted molar refractivity (Wildman–Crippen MR) is 136 cm³/mol. The molecule has 38 heavy (non-hydrogen) atoms. The summed E-state index contributed by atoms with van der Waals surface area (Å²) in [6.07, 6.45) is -0.713. The molecule has 8 heteroatoms. The minimum absolute atomic E-state index is 0.218. The second kappa shape index (κ2) is 9.46. The fourth-order valence-corrected chi connectivity index (χ4v) is 6.76. The van der Waals surface area contributed by atoms with Gasteiger partial charge in [0.2, 0.25) is 5.91 Å². The van der Waals surface area contributed by atoms with E-state index in [4.69, 9.17) is 4.74 Å². The highest BCUT2D eigenvalue weighted by molar-refractivity contribution is 6.05. The first-order valence-electron chi connectivity index (χ1n) is 12.6. The molecule has 4 atom stereocenters. The van der Waals surface area contributed by atoms with E-state index in [9.17, 15) is 28.0 Å². The van der Waals surface area contributed by atoms with E-state index in [1.807, 2.05) is 24.3 Å². The Morgan fingerprint density at radius 1 is 1.11 bits per heavy atom. The Bertz CT molecular complexity index is 1430. The molecule has 0 radical (unpaired) electrons. The largest absolute Gasteiger partial charge is 0.494 e. The molecular formula is C30H27F3N2O3. The van der Waals surface area contributed by atoms with Crippen LogP contribution in [0.4, 0.5) is 18.9 Å². The van der Waals surface area contributed by atoms with Crippen LogP contribution >= 0.6 is 0 Å². The molecule has 0 spiro atoms. The lowest BCUT2D eigenvalue weighted by Crippen LogP contribution is -2.42. The summed E-state index contributed by atoms with van der Waals surface area (Å²) in [6, 6.07) is 17.5. The summed E-state index contributed by atoms with van der Waals surface area (Å²) in [4.78, 5) is 26.1. The van der Waals surface area contributed by atoms with Crippen LogP contribution in [0.5, 0.6) is 5.75 Å². The molecule has 2 aliphatic rings. The Hall–Kier alpha value is -3.86. The number of rotatable bonds is 7. The number of amides is 1. The van der Waals surface area contributed by atoms with Crippen LogP contribution in [0.15, 0.2) is 60.7 Å². The van der Waals surface area contributed by atoms with Crippen molar-refractivity contribution in [1.29, 1.82) is 5.26 Å². The Balaban J connectivity index is 1.32. The van der Waals surface area contributed by atoms with E-state index in [0.29, 0.717) is 29.8 Å². The van der Waals surface area contributed by atoms with Gasteiger partial charge in [-0.1, -0.05) is 31.2 Å². The maximum atomic E-state index is 13.7. The third-order valence-electron chi connectivity index (χ3n) is 8.55. The Morgan fingerprint density at radius 3 is 2.47 bits per heavy atom. The molecule has 1 N–H and O–H groups in total. The Kier molecular flexibility index (Phi) is 6.42. The number of nitriles is 1. The van der Waals surface area contributed by atoms with Crippen molar-refractivity contribution in [3.8, 4) is 11.8 Å². The second-order valence-corrected chi connectivity index (χ2v) is 10.8. The highest BCUT2D eigenvalue weighted by atomic mass is 19.4. The van der Waals surface area contributed by atoms with E-state index in [2.05, 4.69) is 18.3 Å². The molecule has 0 aromatic heterocycles. The molecule has 0 aliphatic heterocycles. The van der Waals surface area contributed by atoms with Crippen LogP contribution in [-0.2, 0) is 15.8 Å². The normalized spacial score (nSPS) is 26.2. The van der Waals surface area contributed by atoms with E-state index < -0.39 is 29.0 Å². The number of fused-ring (bicyclic) bond motifs is 3. The standard InChI is InChI=1S/C30H27F3N2O3/c1-28-12-13-29(18-28,14-15-38-21-9-7-20(8-10-21)30(31,32)33)24(17-36)26(28)27(37)35-25-11-6-19(16-34)22-4-2-3-5-23(22)25/h2-11,17,24,26H,12-15,18H2,1H3,(H,35,37)/t24-,26-,28+,29+/m1/s1. The first-order chi connectivity index (χ1) is 18.1. The average Bonchev–Trinajstić information content (AvgIpc) is 3.37. The summed E-state index contributed by atoms with van der Waals surface area (Å²) in [6.45, 7) is 2.29. The van der Waals surface area contributed by atoms with Gasteiger partial charge in [0.05, 0.1) is 29.7 Å². The zero-order valence-corrected chi connectivity index (χ0v) is 20.8. The first kappa shape index (κ1) is 25.8. The lowest BCUT2D eigenvalue weighted by Gasteiger charge is -2.38. The van der Waals surface area contributed by atoms with Crippen LogP contribution in [0.2, 0.25) is 0 Å². The molecule has 0 unspecified atom stereocenters. The smallest absolute Gasteiger partial charge is 0.416 e. The average molecular weight is 521 g/mol.